The van der Waals surface area contributed by atoms with E-state index >= 15 is 0 Å². The monoisotopic (exact) mass is 339 g/mol. The molecular weight excluding hydrogens is 326 g/mol. The Morgan fingerprint density at radius 3 is 2.80 bits per heavy atom. The van der Waals surface area contributed by atoms with Crippen molar-refractivity contribution in [1.29, 1.82) is 0 Å². The van der Waals surface area contributed by atoms with E-state index in [-0.39, 0.29) is 5.91 Å². The summed E-state index contributed by atoms with van der Waals surface area (Å²) in [6.07, 6.45) is 3.37. The number of hydrogen-bond donors (Lipinski definition) is 2. The second-order valence-electron chi connectivity index (χ2n) is 3.98. The van der Waals surface area contributed by atoms with Gasteiger partial charge in [-0.1, -0.05) is 0 Å². The molecule has 1 aromatic carbocycles. The van der Waals surface area contributed by atoms with Gasteiger partial charge in [0, 0.05) is 18.3 Å². The molecule has 1 heterocycles. The summed E-state index contributed by atoms with van der Waals surface area (Å²) in [5.74, 6) is 0.796. The van der Waals surface area contributed by atoms with E-state index in [4.69, 9.17) is 9.47 Å². The zero-order valence-corrected chi connectivity index (χ0v) is 12.7. The smallest absolute Gasteiger partial charge is 0.255 e. The fraction of sp³-hybridized carbons (Fsp3) is 0.231. The summed E-state index contributed by atoms with van der Waals surface area (Å²) in [6.45, 7) is 0.382. The molecule has 20 heavy (non-hydrogen) atoms. The van der Waals surface area contributed by atoms with E-state index in [0.29, 0.717) is 28.1 Å². The molecule has 0 radical (unpaired) electrons. The Bertz CT molecular complexity index is 599. The van der Waals surface area contributed by atoms with Crippen molar-refractivity contribution in [2.24, 2.45) is 0 Å². The highest BCUT2D eigenvalue weighted by atomic mass is 79.9. The lowest BCUT2D eigenvalue weighted by atomic mass is 10.1. The summed E-state index contributed by atoms with van der Waals surface area (Å²) >= 11 is 3.36. The van der Waals surface area contributed by atoms with Gasteiger partial charge >= 0.3 is 0 Å². The zero-order chi connectivity index (χ0) is 14.5. The number of nitrogens with one attached hydrogen (secondary N) is 2. The number of halogens is 1. The lowest BCUT2D eigenvalue weighted by molar-refractivity contribution is 0.0947. The van der Waals surface area contributed by atoms with Crippen LogP contribution in [0.4, 0.5) is 0 Å². The van der Waals surface area contributed by atoms with Crippen molar-refractivity contribution in [3.8, 4) is 11.5 Å². The molecule has 6 nitrogen and oxygen atoms in total. The van der Waals surface area contributed by atoms with Crippen LogP contribution in [0.25, 0.3) is 0 Å². The van der Waals surface area contributed by atoms with E-state index in [1.165, 1.54) is 7.11 Å². The van der Waals surface area contributed by atoms with Crippen LogP contribution in [-0.4, -0.2) is 30.3 Å². The number of ether oxygens (including phenoxy) is 2. The van der Waals surface area contributed by atoms with Crippen molar-refractivity contribution in [2.45, 2.75) is 6.54 Å². The first-order valence-corrected chi connectivity index (χ1v) is 6.62. The van der Waals surface area contributed by atoms with Crippen LogP contribution in [0, 0.1) is 0 Å². The Labute approximate surface area is 124 Å². The second kappa shape index (κ2) is 6.42. The Morgan fingerprint density at radius 1 is 1.40 bits per heavy atom. The number of hydrogen-bond acceptors (Lipinski definition) is 4. The molecule has 0 unspecified atom stereocenters. The fourth-order valence-corrected chi connectivity index (χ4v) is 2.32. The number of carbonyl (C=O) groups excluding carboxylic acids is 1. The maximum absolute atomic E-state index is 12.2. The van der Waals surface area contributed by atoms with Gasteiger partial charge in [0.15, 0.2) is 0 Å². The molecule has 7 heteroatoms. The summed E-state index contributed by atoms with van der Waals surface area (Å²) in [7, 11) is 3.06. The highest BCUT2D eigenvalue weighted by molar-refractivity contribution is 9.10. The Kier molecular flexibility index (Phi) is 4.62. The third kappa shape index (κ3) is 3.11. The van der Waals surface area contributed by atoms with Crippen molar-refractivity contribution in [1.82, 2.24) is 15.5 Å². The van der Waals surface area contributed by atoms with Gasteiger partial charge in [0.2, 0.25) is 0 Å². The lowest BCUT2D eigenvalue weighted by Crippen LogP contribution is -2.23. The van der Waals surface area contributed by atoms with Crippen LogP contribution < -0.4 is 14.8 Å². The quantitative estimate of drug-likeness (QED) is 0.874. The predicted octanol–water partition coefficient (Wildman–Crippen LogP) is 2.12. The highest BCUT2D eigenvalue weighted by Crippen LogP contribution is 2.33. The SMILES string of the molecule is COc1cc(Br)c(OC)c(C(=O)NCc2cn[nH]c2)c1. The molecule has 0 aliphatic rings. The Hall–Kier alpha value is -2.02. The normalized spacial score (nSPS) is 10.2. The van der Waals surface area contributed by atoms with Crippen LogP contribution in [0.2, 0.25) is 0 Å². The van der Waals surface area contributed by atoms with Gasteiger partial charge in [-0.05, 0) is 28.1 Å². The summed E-state index contributed by atoms with van der Waals surface area (Å²) < 4.78 is 11.1. The van der Waals surface area contributed by atoms with Crippen LogP contribution in [0.1, 0.15) is 15.9 Å². The third-order valence-corrected chi connectivity index (χ3v) is 3.30. The van der Waals surface area contributed by atoms with Crippen LogP contribution in [-0.2, 0) is 6.54 Å². The minimum Gasteiger partial charge on any atom is -0.497 e. The van der Waals surface area contributed by atoms with E-state index in [2.05, 4.69) is 31.4 Å². The minimum absolute atomic E-state index is 0.248. The number of rotatable bonds is 5. The molecule has 0 aliphatic heterocycles. The van der Waals surface area contributed by atoms with Gasteiger partial charge in [0.25, 0.3) is 5.91 Å². The molecule has 1 aromatic heterocycles. The van der Waals surface area contributed by atoms with Gasteiger partial charge in [-0.25, -0.2) is 0 Å². The number of methoxy groups -OCH3 is 2. The molecule has 2 rings (SSSR count). The molecule has 0 aliphatic carbocycles. The minimum atomic E-state index is -0.248. The van der Waals surface area contributed by atoms with Crippen LogP contribution in [0.3, 0.4) is 0 Å². The summed E-state index contributed by atoms with van der Waals surface area (Å²) in [6, 6.07) is 3.37. The number of amides is 1. The molecule has 2 N–H and O–H groups in total. The molecule has 106 valence electrons. The van der Waals surface area contributed by atoms with Crippen LogP contribution in [0.15, 0.2) is 29.0 Å². The molecule has 1 amide bonds. The number of carbonyl (C=O) groups is 1. The number of benzene rings is 1. The molecule has 0 bridgehead atoms. The maximum atomic E-state index is 12.2. The first kappa shape index (κ1) is 14.4. The largest absolute Gasteiger partial charge is 0.497 e. The first-order valence-electron chi connectivity index (χ1n) is 5.83. The third-order valence-electron chi connectivity index (χ3n) is 2.71. The summed E-state index contributed by atoms with van der Waals surface area (Å²) in [4.78, 5) is 12.2. The number of nitrogens with zero attached hydrogens (tertiary/aromatic N) is 1. The predicted molar refractivity (Wildman–Crippen MR) is 77.0 cm³/mol. The standard InChI is InChI=1S/C13H14BrN3O3/c1-19-9-3-10(12(20-2)11(14)4-9)13(18)15-5-8-6-16-17-7-8/h3-4,6-7H,5H2,1-2H3,(H,15,18)(H,16,17). The molecule has 0 atom stereocenters. The highest BCUT2D eigenvalue weighted by Gasteiger charge is 2.17. The number of aromatic amines is 1. The van der Waals surface area contributed by atoms with Gasteiger partial charge in [-0.2, -0.15) is 5.10 Å². The van der Waals surface area contributed by atoms with E-state index in [1.807, 2.05) is 0 Å². The van der Waals surface area contributed by atoms with Crippen molar-refractivity contribution < 1.29 is 14.3 Å². The van der Waals surface area contributed by atoms with Crippen molar-refractivity contribution in [3.63, 3.8) is 0 Å². The number of aromatic nitrogens is 2. The maximum Gasteiger partial charge on any atom is 0.255 e. The number of H-pyrrole nitrogens is 1. The first-order chi connectivity index (χ1) is 9.65. The van der Waals surface area contributed by atoms with E-state index in [1.54, 1.807) is 31.6 Å². The van der Waals surface area contributed by atoms with Gasteiger partial charge in [0.05, 0.1) is 30.5 Å². The van der Waals surface area contributed by atoms with Crippen LogP contribution in [0.5, 0.6) is 11.5 Å². The van der Waals surface area contributed by atoms with Crippen molar-refractivity contribution in [3.05, 3.63) is 40.1 Å². The second-order valence-corrected chi connectivity index (χ2v) is 4.83. The van der Waals surface area contributed by atoms with Gasteiger partial charge in [0.1, 0.15) is 11.5 Å². The average Bonchev–Trinajstić information content (AvgIpc) is 2.97. The van der Waals surface area contributed by atoms with E-state index in [9.17, 15) is 4.79 Å². The van der Waals surface area contributed by atoms with Gasteiger partial charge in [-0.15, -0.1) is 0 Å². The molecule has 0 saturated carbocycles. The van der Waals surface area contributed by atoms with E-state index < -0.39 is 0 Å². The molecular formula is C13H14BrN3O3. The lowest BCUT2D eigenvalue weighted by Gasteiger charge is -2.12. The van der Waals surface area contributed by atoms with Crippen molar-refractivity contribution >= 4 is 21.8 Å². The topological polar surface area (TPSA) is 76.2 Å². The molecule has 2 aromatic rings. The molecule has 0 spiro atoms. The van der Waals surface area contributed by atoms with E-state index in [0.717, 1.165) is 5.56 Å². The zero-order valence-electron chi connectivity index (χ0n) is 11.1. The van der Waals surface area contributed by atoms with Gasteiger partial charge < -0.3 is 14.8 Å². The summed E-state index contributed by atoms with van der Waals surface area (Å²) in [5.41, 5.74) is 1.29. The fourth-order valence-electron chi connectivity index (χ4n) is 1.71. The molecule has 0 saturated heterocycles. The van der Waals surface area contributed by atoms with Crippen LogP contribution >= 0.6 is 15.9 Å². The van der Waals surface area contributed by atoms with Crippen molar-refractivity contribution in [2.75, 3.05) is 14.2 Å². The van der Waals surface area contributed by atoms with Gasteiger partial charge in [-0.3, -0.25) is 9.89 Å². The Morgan fingerprint density at radius 2 is 2.20 bits per heavy atom. The Balaban J connectivity index is 2.21. The summed E-state index contributed by atoms with van der Waals surface area (Å²) in [5, 5.41) is 9.31. The molecule has 0 fully saturated rings. The average molecular weight is 340 g/mol.